The first-order valence-corrected chi connectivity index (χ1v) is 16.3. The molecule has 0 atom stereocenters. The van der Waals surface area contributed by atoms with Crippen LogP contribution in [0.5, 0.6) is 0 Å². The molecular weight excluding hydrogens is 592 g/mol. The zero-order chi connectivity index (χ0) is 32.7. The molecule has 0 heterocycles. The van der Waals surface area contributed by atoms with E-state index in [1.807, 2.05) is 0 Å². The Morgan fingerprint density at radius 1 is 0.422 bits per heavy atom. The van der Waals surface area contributed by atoms with E-state index < -0.39 is 5.97 Å². The highest BCUT2D eigenvalue weighted by Crippen LogP contribution is 2.07. The molecule has 0 bridgehead atoms. The molecule has 0 aliphatic carbocycles. The van der Waals surface area contributed by atoms with Gasteiger partial charge in [-0.25, -0.2) is 4.79 Å². The third kappa shape index (κ3) is 38.4. The first kappa shape index (κ1) is 43.3. The van der Waals surface area contributed by atoms with Gasteiger partial charge in [-0.05, 0) is 6.42 Å². The van der Waals surface area contributed by atoms with Crippen molar-refractivity contribution in [3.05, 3.63) is 12.7 Å². The summed E-state index contributed by atoms with van der Waals surface area (Å²) in [4.78, 5) is 22.5. The Hall–Kier alpha value is -1.68. The van der Waals surface area contributed by atoms with Crippen LogP contribution in [-0.2, 0) is 61.7 Å². The summed E-state index contributed by atoms with van der Waals surface area (Å²) < 4.78 is 58.7. The fourth-order valence-corrected chi connectivity index (χ4v) is 3.46. The Bertz CT molecular complexity index is 636. The average molecular weight is 653 g/mol. The number of unbranched alkanes of at least 4 members (excludes halogenated alkanes) is 5. The molecule has 0 fully saturated rings. The number of carbonyl (C=O) groups excluding carboxylic acids is 2. The number of hydrogen-bond donors (Lipinski definition) is 0. The van der Waals surface area contributed by atoms with Gasteiger partial charge in [-0.15, -0.1) is 0 Å². The molecule has 13 nitrogen and oxygen atoms in total. The van der Waals surface area contributed by atoms with E-state index in [1.54, 1.807) is 0 Å². The highest BCUT2D eigenvalue weighted by Gasteiger charge is 2.02. The second-order valence-electron chi connectivity index (χ2n) is 9.62. The number of rotatable bonds is 38. The van der Waals surface area contributed by atoms with Crippen LogP contribution in [0.3, 0.4) is 0 Å². The summed E-state index contributed by atoms with van der Waals surface area (Å²) in [6.45, 7) is 14.2. The van der Waals surface area contributed by atoms with E-state index in [2.05, 4.69) is 13.5 Å². The van der Waals surface area contributed by atoms with E-state index in [0.717, 1.165) is 18.9 Å². The van der Waals surface area contributed by atoms with Gasteiger partial charge in [0.25, 0.3) is 0 Å². The van der Waals surface area contributed by atoms with Crippen LogP contribution in [0.4, 0.5) is 0 Å². The molecule has 0 spiro atoms. The molecule has 0 aliphatic rings. The minimum atomic E-state index is -0.461. The van der Waals surface area contributed by atoms with Crippen molar-refractivity contribution in [1.29, 1.82) is 0 Å². The molecule has 266 valence electrons. The largest absolute Gasteiger partial charge is 0.463 e. The highest BCUT2D eigenvalue weighted by molar-refractivity contribution is 5.81. The van der Waals surface area contributed by atoms with Gasteiger partial charge in [-0.1, -0.05) is 45.6 Å². The maximum absolute atomic E-state index is 11.7. The predicted octanol–water partition coefficient (Wildman–Crippen LogP) is 3.16. The maximum atomic E-state index is 11.7. The summed E-state index contributed by atoms with van der Waals surface area (Å²) in [6.07, 6.45) is 8.51. The fraction of sp³-hybridized carbons (Fsp3) is 0.875. The molecule has 0 aromatic carbocycles. The summed E-state index contributed by atoms with van der Waals surface area (Å²) in [5.74, 6) is -0.608. The molecule has 0 saturated heterocycles. The molecule has 0 aromatic rings. The van der Waals surface area contributed by atoms with Gasteiger partial charge in [0, 0.05) is 12.5 Å². The molecule has 0 aromatic heterocycles. The molecule has 0 radical (unpaired) electrons. The standard InChI is InChI=1S/C32H60O13/c1-3-5-6-7-8-9-10-32(34)45-30-28-43-26-24-41-22-20-39-18-16-37-14-12-35-11-13-36-15-17-38-19-21-40-23-25-42-27-29-44-31(33)4-2/h4H,2-3,5-30H2,1H3. The minimum absolute atomic E-state index is 0.147. The Labute approximate surface area is 270 Å². The molecule has 0 saturated carbocycles. The first-order valence-electron chi connectivity index (χ1n) is 16.3. The normalized spacial score (nSPS) is 11.1. The van der Waals surface area contributed by atoms with Gasteiger partial charge in [0.1, 0.15) is 13.2 Å². The lowest BCUT2D eigenvalue weighted by Gasteiger charge is -2.09. The topological polar surface area (TPSA) is 136 Å². The van der Waals surface area contributed by atoms with Crippen molar-refractivity contribution in [3.8, 4) is 0 Å². The van der Waals surface area contributed by atoms with E-state index in [9.17, 15) is 9.59 Å². The molecular formula is C32H60O13. The van der Waals surface area contributed by atoms with Gasteiger partial charge in [-0.3, -0.25) is 4.79 Å². The predicted molar refractivity (Wildman–Crippen MR) is 167 cm³/mol. The Morgan fingerprint density at radius 2 is 0.711 bits per heavy atom. The van der Waals surface area contributed by atoms with Crippen LogP contribution in [0.15, 0.2) is 12.7 Å². The summed E-state index contributed by atoms with van der Waals surface area (Å²) in [6, 6.07) is 0. The van der Waals surface area contributed by atoms with Crippen molar-refractivity contribution < 1.29 is 61.7 Å². The van der Waals surface area contributed by atoms with Crippen LogP contribution in [0, 0.1) is 0 Å². The lowest BCUT2D eigenvalue weighted by atomic mass is 10.1. The molecule has 13 heteroatoms. The quantitative estimate of drug-likeness (QED) is 0.0549. The van der Waals surface area contributed by atoms with Crippen LogP contribution in [0.25, 0.3) is 0 Å². The zero-order valence-electron chi connectivity index (χ0n) is 27.7. The molecule has 0 aliphatic heterocycles. The van der Waals surface area contributed by atoms with Crippen molar-refractivity contribution >= 4 is 11.9 Å². The van der Waals surface area contributed by atoms with E-state index >= 15 is 0 Å². The number of ether oxygens (including phenoxy) is 11. The third-order valence-corrected chi connectivity index (χ3v) is 5.84. The fourth-order valence-electron chi connectivity index (χ4n) is 3.46. The van der Waals surface area contributed by atoms with Gasteiger partial charge in [0.2, 0.25) is 0 Å². The minimum Gasteiger partial charge on any atom is -0.463 e. The van der Waals surface area contributed by atoms with Gasteiger partial charge >= 0.3 is 11.9 Å². The Balaban J connectivity index is 3.11. The van der Waals surface area contributed by atoms with Crippen molar-refractivity contribution in [2.24, 2.45) is 0 Å². The Kier molecular flexibility index (Phi) is 37.1. The van der Waals surface area contributed by atoms with E-state index in [4.69, 9.17) is 52.1 Å². The van der Waals surface area contributed by atoms with Crippen LogP contribution in [-0.4, -0.2) is 144 Å². The summed E-state index contributed by atoms with van der Waals surface area (Å²) in [5, 5.41) is 0. The SMILES string of the molecule is C=CC(=O)OCCOCCOCCOCCOCCOCCOCCOCCOCCOCCOC(=O)CCCCCCCC. The smallest absolute Gasteiger partial charge is 0.330 e. The molecule has 0 N–H and O–H groups in total. The molecule has 0 amide bonds. The summed E-state index contributed by atoms with van der Waals surface area (Å²) >= 11 is 0. The third-order valence-electron chi connectivity index (χ3n) is 5.84. The van der Waals surface area contributed by atoms with E-state index in [-0.39, 0.29) is 19.2 Å². The van der Waals surface area contributed by atoms with Crippen LogP contribution < -0.4 is 0 Å². The van der Waals surface area contributed by atoms with Crippen LogP contribution in [0.2, 0.25) is 0 Å². The molecule has 45 heavy (non-hydrogen) atoms. The first-order chi connectivity index (χ1) is 22.2. The Morgan fingerprint density at radius 3 is 1.04 bits per heavy atom. The second-order valence-corrected chi connectivity index (χ2v) is 9.62. The monoisotopic (exact) mass is 652 g/mol. The van der Waals surface area contributed by atoms with Crippen molar-refractivity contribution in [2.45, 2.75) is 51.9 Å². The van der Waals surface area contributed by atoms with Gasteiger partial charge in [0.05, 0.1) is 119 Å². The van der Waals surface area contributed by atoms with Crippen molar-refractivity contribution in [3.63, 3.8) is 0 Å². The second kappa shape index (κ2) is 38.5. The van der Waals surface area contributed by atoms with E-state index in [1.165, 1.54) is 25.7 Å². The van der Waals surface area contributed by atoms with Crippen LogP contribution in [0.1, 0.15) is 51.9 Å². The van der Waals surface area contributed by atoms with Gasteiger partial charge in [0.15, 0.2) is 0 Å². The number of esters is 2. The maximum Gasteiger partial charge on any atom is 0.330 e. The lowest BCUT2D eigenvalue weighted by molar-refractivity contribution is -0.145. The van der Waals surface area contributed by atoms with Crippen molar-refractivity contribution in [2.75, 3.05) is 132 Å². The zero-order valence-corrected chi connectivity index (χ0v) is 27.7. The summed E-state index contributed by atoms with van der Waals surface area (Å²) in [7, 11) is 0. The lowest BCUT2D eigenvalue weighted by Crippen LogP contribution is -2.15. The highest BCUT2D eigenvalue weighted by atomic mass is 16.6. The molecule has 0 unspecified atom stereocenters. The number of hydrogen-bond acceptors (Lipinski definition) is 13. The van der Waals surface area contributed by atoms with Gasteiger partial charge in [-0.2, -0.15) is 0 Å². The van der Waals surface area contributed by atoms with E-state index in [0.29, 0.717) is 125 Å². The summed E-state index contributed by atoms with van der Waals surface area (Å²) in [5.41, 5.74) is 0. The average Bonchev–Trinajstić information content (AvgIpc) is 3.05. The van der Waals surface area contributed by atoms with Gasteiger partial charge < -0.3 is 52.1 Å². The number of carbonyl (C=O) groups is 2. The molecule has 0 rings (SSSR count). The van der Waals surface area contributed by atoms with Crippen molar-refractivity contribution in [1.82, 2.24) is 0 Å². The van der Waals surface area contributed by atoms with Crippen LogP contribution >= 0.6 is 0 Å².